The lowest BCUT2D eigenvalue weighted by molar-refractivity contribution is 0.799. The molecule has 0 fully saturated rings. The Bertz CT molecular complexity index is 670. The molecular formula is C19H25IN4. The van der Waals surface area contributed by atoms with E-state index in [0.29, 0.717) is 13.1 Å². The van der Waals surface area contributed by atoms with Crippen LogP contribution in [-0.4, -0.2) is 17.5 Å². The third kappa shape index (κ3) is 5.19. The van der Waals surface area contributed by atoms with Crippen molar-refractivity contribution in [1.82, 2.24) is 15.6 Å². The maximum absolute atomic E-state index is 4.69. The first-order valence-electron chi connectivity index (χ1n) is 8.38. The number of aromatic nitrogens is 1. The number of pyridine rings is 1. The van der Waals surface area contributed by atoms with Gasteiger partial charge >= 0.3 is 0 Å². The molecule has 0 saturated heterocycles. The average Bonchev–Trinajstić information content (AvgIpc) is 3.06. The number of hydrogen-bond donors (Lipinski definition) is 2. The summed E-state index contributed by atoms with van der Waals surface area (Å²) in [7, 11) is 0. The zero-order valence-corrected chi connectivity index (χ0v) is 16.4. The molecular weight excluding hydrogens is 411 g/mol. The first kappa shape index (κ1) is 18.7. The Morgan fingerprint density at radius 2 is 2.00 bits per heavy atom. The Labute approximate surface area is 161 Å². The van der Waals surface area contributed by atoms with Crippen molar-refractivity contribution in [3.63, 3.8) is 0 Å². The maximum Gasteiger partial charge on any atom is 0.191 e. The fourth-order valence-electron chi connectivity index (χ4n) is 2.91. The van der Waals surface area contributed by atoms with Gasteiger partial charge in [-0.05, 0) is 55.0 Å². The van der Waals surface area contributed by atoms with E-state index in [1.165, 1.54) is 36.0 Å². The van der Waals surface area contributed by atoms with Gasteiger partial charge in [-0.2, -0.15) is 0 Å². The van der Waals surface area contributed by atoms with E-state index in [0.717, 1.165) is 18.2 Å². The number of fused-ring (bicyclic) bond motifs is 1. The number of benzene rings is 1. The molecule has 24 heavy (non-hydrogen) atoms. The molecule has 4 nitrogen and oxygen atoms in total. The van der Waals surface area contributed by atoms with Gasteiger partial charge in [-0.25, -0.2) is 4.99 Å². The fourth-order valence-corrected chi connectivity index (χ4v) is 2.91. The third-order valence-electron chi connectivity index (χ3n) is 4.09. The molecule has 2 aromatic rings. The van der Waals surface area contributed by atoms with Crippen LogP contribution in [0.15, 0.2) is 47.6 Å². The lowest BCUT2D eigenvalue weighted by Gasteiger charge is -2.11. The summed E-state index contributed by atoms with van der Waals surface area (Å²) in [6.07, 6.45) is 5.54. The highest BCUT2D eigenvalue weighted by Gasteiger charge is 2.10. The van der Waals surface area contributed by atoms with Gasteiger partial charge in [0.2, 0.25) is 0 Å². The van der Waals surface area contributed by atoms with Gasteiger partial charge in [0.25, 0.3) is 0 Å². The number of aryl methyl sites for hydroxylation is 2. The number of nitrogens with one attached hydrogen (secondary N) is 2. The molecule has 5 heteroatoms. The predicted octanol–water partition coefficient (Wildman–Crippen LogP) is 3.44. The Hall–Kier alpha value is -1.63. The zero-order valence-electron chi connectivity index (χ0n) is 14.1. The Kier molecular flexibility index (Phi) is 7.49. The van der Waals surface area contributed by atoms with Gasteiger partial charge in [0.1, 0.15) is 0 Å². The predicted molar refractivity (Wildman–Crippen MR) is 110 cm³/mol. The molecule has 0 unspecified atom stereocenters. The van der Waals surface area contributed by atoms with Crippen LogP contribution in [0.4, 0.5) is 0 Å². The quantitative estimate of drug-likeness (QED) is 0.429. The van der Waals surface area contributed by atoms with Crippen LogP contribution in [0.5, 0.6) is 0 Å². The van der Waals surface area contributed by atoms with Crippen LogP contribution in [0.2, 0.25) is 0 Å². The third-order valence-corrected chi connectivity index (χ3v) is 4.09. The summed E-state index contributed by atoms with van der Waals surface area (Å²) in [6.45, 7) is 4.30. The SMILES string of the molecule is CCNC(=NCc1ccc2c(c1)CCC2)NCc1ccccn1.I. The van der Waals surface area contributed by atoms with Crippen molar-refractivity contribution in [3.05, 3.63) is 65.0 Å². The van der Waals surface area contributed by atoms with Gasteiger partial charge in [0.05, 0.1) is 18.8 Å². The number of aliphatic imine (C=N–C) groups is 1. The second-order valence-corrected chi connectivity index (χ2v) is 5.83. The van der Waals surface area contributed by atoms with Crippen molar-refractivity contribution >= 4 is 29.9 Å². The number of nitrogens with zero attached hydrogens (tertiary/aromatic N) is 2. The summed E-state index contributed by atoms with van der Waals surface area (Å²) < 4.78 is 0. The van der Waals surface area contributed by atoms with Gasteiger partial charge in [-0.3, -0.25) is 4.98 Å². The largest absolute Gasteiger partial charge is 0.357 e. The minimum absolute atomic E-state index is 0. The molecule has 1 aromatic heterocycles. The Morgan fingerprint density at radius 3 is 2.79 bits per heavy atom. The summed E-state index contributed by atoms with van der Waals surface area (Å²) in [4.78, 5) is 9.01. The minimum atomic E-state index is 0. The summed E-state index contributed by atoms with van der Waals surface area (Å²) in [5.74, 6) is 0.832. The molecule has 2 N–H and O–H groups in total. The normalized spacial score (nSPS) is 13.1. The fraction of sp³-hybridized carbons (Fsp3) is 0.368. The molecule has 1 aliphatic carbocycles. The van der Waals surface area contributed by atoms with Crippen LogP contribution in [0.3, 0.4) is 0 Å². The van der Waals surface area contributed by atoms with Crippen LogP contribution in [0.25, 0.3) is 0 Å². The molecule has 1 aromatic carbocycles. The van der Waals surface area contributed by atoms with Gasteiger partial charge in [0.15, 0.2) is 5.96 Å². The summed E-state index contributed by atoms with van der Waals surface area (Å²) in [6, 6.07) is 12.7. The van der Waals surface area contributed by atoms with Crippen LogP contribution < -0.4 is 10.6 Å². The van der Waals surface area contributed by atoms with Crippen LogP contribution >= 0.6 is 24.0 Å². The molecule has 3 rings (SSSR count). The van der Waals surface area contributed by atoms with Crippen LogP contribution in [0.1, 0.15) is 35.7 Å². The molecule has 0 spiro atoms. The molecule has 0 amide bonds. The van der Waals surface area contributed by atoms with E-state index in [1.54, 1.807) is 0 Å². The first-order chi connectivity index (χ1) is 11.3. The van der Waals surface area contributed by atoms with Gasteiger partial charge in [0, 0.05) is 12.7 Å². The lowest BCUT2D eigenvalue weighted by atomic mass is 10.1. The van der Waals surface area contributed by atoms with E-state index in [4.69, 9.17) is 4.99 Å². The van der Waals surface area contributed by atoms with E-state index >= 15 is 0 Å². The van der Waals surface area contributed by atoms with E-state index in [-0.39, 0.29) is 24.0 Å². The summed E-state index contributed by atoms with van der Waals surface area (Å²) in [5.41, 5.74) is 5.30. The molecule has 1 heterocycles. The molecule has 0 saturated carbocycles. The van der Waals surface area contributed by atoms with Gasteiger partial charge < -0.3 is 10.6 Å². The lowest BCUT2D eigenvalue weighted by Crippen LogP contribution is -2.37. The molecule has 0 aliphatic heterocycles. The molecule has 128 valence electrons. The average molecular weight is 436 g/mol. The first-order valence-corrected chi connectivity index (χ1v) is 8.38. The van der Waals surface area contributed by atoms with E-state index in [9.17, 15) is 0 Å². The maximum atomic E-state index is 4.69. The highest BCUT2D eigenvalue weighted by molar-refractivity contribution is 14.0. The highest BCUT2D eigenvalue weighted by atomic mass is 127. The summed E-state index contributed by atoms with van der Waals surface area (Å²) >= 11 is 0. The minimum Gasteiger partial charge on any atom is -0.357 e. The monoisotopic (exact) mass is 436 g/mol. The smallest absolute Gasteiger partial charge is 0.191 e. The van der Waals surface area contributed by atoms with E-state index < -0.39 is 0 Å². The summed E-state index contributed by atoms with van der Waals surface area (Å²) in [5, 5.41) is 6.62. The topological polar surface area (TPSA) is 49.3 Å². The second-order valence-electron chi connectivity index (χ2n) is 5.83. The van der Waals surface area contributed by atoms with E-state index in [2.05, 4.69) is 40.7 Å². The number of hydrogen-bond acceptors (Lipinski definition) is 2. The van der Waals surface area contributed by atoms with Crippen LogP contribution in [0, 0.1) is 0 Å². The van der Waals surface area contributed by atoms with Crippen LogP contribution in [-0.2, 0) is 25.9 Å². The van der Waals surface area contributed by atoms with E-state index in [1.807, 2.05) is 24.4 Å². The molecule has 0 bridgehead atoms. The van der Waals surface area contributed by atoms with Gasteiger partial charge in [-0.15, -0.1) is 24.0 Å². The number of guanidine groups is 1. The van der Waals surface area contributed by atoms with Crippen molar-refractivity contribution < 1.29 is 0 Å². The zero-order chi connectivity index (χ0) is 15.9. The van der Waals surface area contributed by atoms with Crippen molar-refractivity contribution in [1.29, 1.82) is 0 Å². The highest BCUT2D eigenvalue weighted by Crippen LogP contribution is 2.23. The van der Waals surface area contributed by atoms with Crippen molar-refractivity contribution in [3.8, 4) is 0 Å². The Balaban J connectivity index is 0.00000208. The molecule has 0 atom stereocenters. The number of halogens is 1. The standard InChI is InChI=1S/C19H24N4.HI/c1-2-20-19(23-14-18-8-3-4-11-21-18)22-13-15-9-10-16-6-5-7-17(16)12-15;/h3-4,8-12H,2,5-7,13-14H2,1H3,(H2,20,22,23);1H. The second kappa shape index (κ2) is 9.61. The molecule has 0 radical (unpaired) electrons. The van der Waals surface area contributed by atoms with Crippen molar-refractivity contribution in [2.45, 2.75) is 39.3 Å². The number of rotatable bonds is 5. The Morgan fingerprint density at radius 1 is 1.12 bits per heavy atom. The van der Waals surface area contributed by atoms with Crippen molar-refractivity contribution in [2.24, 2.45) is 4.99 Å². The van der Waals surface area contributed by atoms with Crippen molar-refractivity contribution in [2.75, 3.05) is 6.54 Å². The van der Waals surface area contributed by atoms with Gasteiger partial charge in [-0.1, -0.05) is 24.3 Å². The molecule has 1 aliphatic rings.